The number of benzene rings is 1. The highest BCUT2D eigenvalue weighted by Crippen LogP contribution is 2.23. The zero-order valence-electron chi connectivity index (χ0n) is 13.5. The molecule has 1 amide bonds. The van der Waals surface area contributed by atoms with Crippen molar-refractivity contribution in [3.8, 4) is 5.75 Å². The predicted molar refractivity (Wildman–Crippen MR) is 84.1 cm³/mol. The second-order valence-electron chi connectivity index (χ2n) is 6.24. The lowest BCUT2D eigenvalue weighted by Crippen LogP contribution is -2.34. The average Bonchev–Trinajstić information content (AvgIpc) is 2.43. The number of aliphatic hydroxyl groups is 1. The highest BCUT2D eigenvalue weighted by atomic mass is 19.1. The molecule has 0 radical (unpaired) electrons. The largest absolute Gasteiger partial charge is 0.491 e. The molecule has 1 atom stereocenters. The lowest BCUT2D eigenvalue weighted by molar-refractivity contribution is -0.117. The Morgan fingerprint density at radius 3 is 2.50 bits per heavy atom. The smallest absolute Gasteiger partial charge is 0.244 e. The van der Waals surface area contributed by atoms with Gasteiger partial charge in [0.05, 0.1) is 0 Å². The van der Waals surface area contributed by atoms with E-state index in [4.69, 9.17) is 4.74 Å². The van der Waals surface area contributed by atoms with Gasteiger partial charge >= 0.3 is 0 Å². The Balaban J connectivity index is 2.35. The molecule has 0 heterocycles. The van der Waals surface area contributed by atoms with Gasteiger partial charge in [-0.25, -0.2) is 4.39 Å². The fourth-order valence-corrected chi connectivity index (χ4v) is 1.46. The van der Waals surface area contributed by atoms with Crippen LogP contribution in [0.15, 0.2) is 35.9 Å². The highest BCUT2D eigenvalue weighted by molar-refractivity contribution is 5.88. The molecule has 0 spiro atoms. The molecule has 1 rings (SSSR count). The van der Waals surface area contributed by atoms with Gasteiger partial charge in [-0.3, -0.25) is 4.79 Å². The number of rotatable bonds is 6. The summed E-state index contributed by atoms with van der Waals surface area (Å²) in [6, 6.07) is 5.53. The van der Waals surface area contributed by atoms with Gasteiger partial charge in [0.2, 0.25) is 5.91 Å². The van der Waals surface area contributed by atoms with E-state index in [1.807, 2.05) is 27.7 Å². The van der Waals surface area contributed by atoms with Crippen LogP contribution in [0.4, 0.5) is 4.39 Å². The SMILES string of the molecule is C/C(=C/C(=O)NCC(O)COc1ccc(F)cc1)C(C)(C)C. The molecule has 5 heteroatoms. The van der Waals surface area contributed by atoms with E-state index in [0.717, 1.165) is 5.57 Å². The third-order valence-electron chi connectivity index (χ3n) is 3.30. The van der Waals surface area contributed by atoms with Crippen molar-refractivity contribution in [3.05, 3.63) is 41.7 Å². The van der Waals surface area contributed by atoms with E-state index < -0.39 is 6.10 Å². The second kappa shape index (κ2) is 7.94. The lowest BCUT2D eigenvalue weighted by atomic mass is 9.87. The molecule has 22 heavy (non-hydrogen) atoms. The number of hydrogen-bond donors (Lipinski definition) is 2. The van der Waals surface area contributed by atoms with Crippen LogP contribution in [-0.2, 0) is 4.79 Å². The number of amides is 1. The zero-order chi connectivity index (χ0) is 16.8. The van der Waals surface area contributed by atoms with Gasteiger partial charge in [-0.1, -0.05) is 26.3 Å². The van der Waals surface area contributed by atoms with Crippen molar-refractivity contribution in [2.45, 2.75) is 33.8 Å². The number of allylic oxidation sites excluding steroid dienone is 1. The Morgan fingerprint density at radius 1 is 1.36 bits per heavy atom. The molecular weight excluding hydrogens is 285 g/mol. The van der Waals surface area contributed by atoms with Crippen molar-refractivity contribution in [2.75, 3.05) is 13.2 Å². The number of halogens is 1. The van der Waals surface area contributed by atoms with Gasteiger partial charge in [-0.2, -0.15) is 0 Å². The lowest BCUT2D eigenvalue weighted by Gasteiger charge is -2.19. The van der Waals surface area contributed by atoms with Crippen molar-refractivity contribution < 1.29 is 19.0 Å². The van der Waals surface area contributed by atoms with Crippen LogP contribution in [0.3, 0.4) is 0 Å². The molecule has 0 saturated carbocycles. The maximum absolute atomic E-state index is 12.7. The van der Waals surface area contributed by atoms with Gasteiger partial charge in [0.1, 0.15) is 24.3 Å². The molecular formula is C17H24FNO3. The normalized spacial score (nSPS) is 13.6. The molecule has 0 aliphatic rings. The first-order valence-electron chi connectivity index (χ1n) is 7.21. The topological polar surface area (TPSA) is 58.6 Å². The molecule has 1 unspecified atom stereocenters. The minimum absolute atomic E-state index is 0.0217. The minimum atomic E-state index is -0.836. The van der Waals surface area contributed by atoms with E-state index >= 15 is 0 Å². The molecule has 0 fully saturated rings. The van der Waals surface area contributed by atoms with E-state index in [9.17, 15) is 14.3 Å². The van der Waals surface area contributed by atoms with Gasteiger partial charge in [-0.15, -0.1) is 0 Å². The monoisotopic (exact) mass is 309 g/mol. The number of carbonyl (C=O) groups excluding carboxylic acids is 1. The van der Waals surface area contributed by atoms with Crippen molar-refractivity contribution in [3.63, 3.8) is 0 Å². The fourth-order valence-electron chi connectivity index (χ4n) is 1.46. The molecule has 1 aromatic carbocycles. The van der Waals surface area contributed by atoms with E-state index in [0.29, 0.717) is 5.75 Å². The predicted octanol–water partition coefficient (Wildman–Crippen LogP) is 2.67. The first-order chi connectivity index (χ1) is 10.2. The van der Waals surface area contributed by atoms with Crippen molar-refractivity contribution in [1.29, 1.82) is 0 Å². The zero-order valence-corrected chi connectivity index (χ0v) is 13.5. The summed E-state index contributed by atoms with van der Waals surface area (Å²) in [5, 5.41) is 12.4. The molecule has 0 aromatic heterocycles. The van der Waals surface area contributed by atoms with Crippen LogP contribution in [-0.4, -0.2) is 30.3 Å². The van der Waals surface area contributed by atoms with Gasteiger partial charge in [-0.05, 0) is 36.6 Å². The number of nitrogens with one attached hydrogen (secondary N) is 1. The summed E-state index contributed by atoms with van der Waals surface area (Å²) in [6.07, 6.45) is 0.699. The molecule has 4 nitrogen and oxygen atoms in total. The third kappa shape index (κ3) is 6.72. The Kier molecular flexibility index (Phi) is 6.56. The third-order valence-corrected chi connectivity index (χ3v) is 3.30. The quantitative estimate of drug-likeness (QED) is 0.794. The first-order valence-corrected chi connectivity index (χ1v) is 7.21. The van der Waals surface area contributed by atoms with Crippen LogP contribution in [0.5, 0.6) is 5.75 Å². The Bertz CT molecular complexity index is 518. The van der Waals surface area contributed by atoms with E-state index in [-0.39, 0.29) is 30.3 Å². The van der Waals surface area contributed by atoms with Crippen LogP contribution >= 0.6 is 0 Å². The molecule has 2 N–H and O–H groups in total. The Hall–Kier alpha value is -1.88. The van der Waals surface area contributed by atoms with Gasteiger partial charge in [0.25, 0.3) is 0 Å². The Labute approximate surface area is 131 Å². The number of ether oxygens (including phenoxy) is 1. The van der Waals surface area contributed by atoms with Crippen molar-refractivity contribution in [1.82, 2.24) is 5.32 Å². The maximum atomic E-state index is 12.7. The van der Waals surface area contributed by atoms with Gasteiger partial charge < -0.3 is 15.2 Å². The van der Waals surface area contributed by atoms with Gasteiger partial charge in [0.15, 0.2) is 0 Å². The van der Waals surface area contributed by atoms with E-state index in [2.05, 4.69) is 5.32 Å². The summed E-state index contributed by atoms with van der Waals surface area (Å²) in [7, 11) is 0. The highest BCUT2D eigenvalue weighted by Gasteiger charge is 2.14. The summed E-state index contributed by atoms with van der Waals surface area (Å²) < 4.78 is 18.0. The van der Waals surface area contributed by atoms with E-state index in [1.54, 1.807) is 0 Å². The van der Waals surface area contributed by atoms with Crippen LogP contribution in [0.25, 0.3) is 0 Å². The summed E-state index contributed by atoms with van der Waals surface area (Å²) in [5.74, 6) is -0.121. The summed E-state index contributed by atoms with van der Waals surface area (Å²) in [6.45, 7) is 8.09. The van der Waals surface area contributed by atoms with Gasteiger partial charge in [0, 0.05) is 12.6 Å². The molecule has 122 valence electrons. The Morgan fingerprint density at radius 2 is 1.95 bits per heavy atom. The molecule has 1 aromatic rings. The minimum Gasteiger partial charge on any atom is -0.491 e. The maximum Gasteiger partial charge on any atom is 0.244 e. The summed E-state index contributed by atoms with van der Waals surface area (Å²) >= 11 is 0. The number of carbonyl (C=O) groups is 1. The second-order valence-corrected chi connectivity index (χ2v) is 6.24. The molecule has 0 aliphatic heterocycles. The summed E-state index contributed by atoms with van der Waals surface area (Å²) in [5.41, 5.74) is 0.892. The average molecular weight is 309 g/mol. The molecule has 0 aliphatic carbocycles. The summed E-state index contributed by atoms with van der Waals surface area (Å²) in [4.78, 5) is 11.7. The molecule has 0 bridgehead atoms. The van der Waals surface area contributed by atoms with Crippen molar-refractivity contribution in [2.24, 2.45) is 5.41 Å². The van der Waals surface area contributed by atoms with Crippen LogP contribution in [0.1, 0.15) is 27.7 Å². The fraction of sp³-hybridized carbons (Fsp3) is 0.471. The molecule has 0 saturated heterocycles. The van der Waals surface area contributed by atoms with Crippen LogP contribution in [0, 0.1) is 11.2 Å². The number of hydrogen-bond acceptors (Lipinski definition) is 3. The van der Waals surface area contributed by atoms with Crippen molar-refractivity contribution >= 4 is 5.91 Å². The van der Waals surface area contributed by atoms with Crippen LogP contribution in [0.2, 0.25) is 0 Å². The van der Waals surface area contributed by atoms with Crippen LogP contribution < -0.4 is 10.1 Å². The number of aliphatic hydroxyl groups excluding tert-OH is 1. The standard InChI is InChI=1S/C17H24FNO3/c1-12(17(2,3)4)9-16(21)19-10-14(20)11-22-15-7-5-13(18)6-8-15/h5-9,14,20H,10-11H2,1-4H3,(H,19,21)/b12-9-. The first kappa shape index (κ1) is 18.2. The van der Waals surface area contributed by atoms with E-state index in [1.165, 1.54) is 30.3 Å².